The Hall–Kier alpha value is -2.95. The van der Waals surface area contributed by atoms with E-state index >= 15 is 0 Å². The summed E-state index contributed by atoms with van der Waals surface area (Å²) < 4.78 is 16.2. The van der Waals surface area contributed by atoms with Crippen LogP contribution in [-0.2, 0) is 17.8 Å². The van der Waals surface area contributed by atoms with Gasteiger partial charge in [0.15, 0.2) is 0 Å². The topological polar surface area (TPSA) is 46.9 Å². The minimum absolute atomic E-state index is 0.0536. The molecule has 0 saturated carbocycles. The number of amides is 1. The van der Waals surface area contributed by atoms with E-state index in [1.54, 1.807) is 6.07 Å². The molecule has 0 radical (unpaired) electrons. The molecule has 29 heavy (non-hydrogen) atoms. The summed E-state index contributed by atoms with van der Waals surface area (Å²) in [6.07, 6.45) is 5.29. The summed E-state index contributed by atoms with van der Waals surface area (Å²) in [6, 6.07) is 16.7. The third-order valence-corrected chi connectivity index (χ3v) is 5.70. The SMILES string of the molecule is C[C@H]1CCCc2ncc([C@H](CC(=O)NCc3ccccc3)c3cccc(F)c3)n21. The van der Waals surface area contributed by atoms with E-state index < -0.39 is 0 Å². The van der Waals surface area contributed by atoms with E-state index in [9.17, 15) is 9.18 Å². The molecule has 1 N–H and O–H groups in total. The molecule has 0 unspecified atom stereocenters. The maximum Gasteiger partial charge on any atom is 0.221 e. The lowest BCUT2D eigenvalue weighted by Gasteiger charge is -2.27. The summed E-state index contributed by atoms with van der Waals surface area (Å²) in [5.41, 5.74) is 2.85. The van der Waals surface area contributed by atoms with Gasteiger partial charge in [-0.25, -0.2) is 9.37 Å². The number of hydrogen-bond acceptors (Lipinski definition) is 2. The molecule has 5 heteroatoms. The van der Waals surface area contributed by atoms with Gasteiger partial charge in [-0.3, -0.25) is 4.79 Å². The van der Waals surface area contributed by atoms with Gasteiger partial charge in [-0.2, -0.15) is 0 Å². The van der Waals surface area contributed by atoms with Gasteiger partial charge in [0.2, 0.25) is 5.91 Å². The van der Waals surface area contributed by atoms with Crippen LogP contribution >= 0.6 is 0 Å². The van der Waals surface area contributed by atoms with Crippen molar-refractivity contribution in [2.45, 2.75) is 51.1 Å². The fraction of sp³-hybridized carbons (Fsp3) is 0.333. The molecule has 2 heterocycles. The lowest BCUT2D eigenvalue weighted by atomic mass is 9.91. The van der Waals surface area contributed by atoms with Crippen molar-refractivity contribution in [3.63, 3.8) is 0 Å². The quantitative estimate of drug-likeness (QED) is 0.659. The van der Waals surface area contributed by atoms with E-state index in [4.69, 9.17) is 0 Å². The predicted octanol–water partition coefficient (Wildman–Crippen LogP) is 4.76. The second-order valence-electron chi connectivity index (χ2n) is 7.78. The number of carbonyl (C=O) groups excluding carboxylic acids is 1. The number of rotatable bonds is 6. The van der Waals surface area contributed by atoms with Crippen molar-refractivity contribution in [3.8, 4) is 0 Å². The van der Waals surface area contributed by atoms with Gasteiger partial charge in [-0.15, -0.1) is 0 Å². The molecule has 2 aromatic carbocycles. The van der Waals surface area contributed by atoms with Gasteiger partial charge in [0, 0.05) is 43.2 Å². The zero-order valence-corrected chi connectivity index (χ0v) is 16.6. The number of nitrogens with zero attached hydrogens (tertiary/aromatic N) is 2. The second-order valence-corrected chi connectivity index (χ2v) is 7.78. The van der Waals surface area contributed by atoms with Crippen LogP contribution in [0.2, 0.25) is 0 Å². The highest BCUT2D eigenvalue weighted by molar-refractivity contribution is 5.77. The van der Waals surface area contributed by atoms with E-state index in [-0.39, 0.29) is 24.1 Å². The number of imidazole rings is 1. The lowest BCUT2D eigenvalue weighted by Crippen LogP contribution is -2.26. The Kier molecular flexibility index (Phi) is 5.74. The molecular formula is C24H26FN3O. The van der Waals surface area contributed by atoms with Crippen molar-refractivity contribution in [1.29, 1.82) is 0 Å². The van der Waals surface area contributed by atoms with Crippen LogP contribution in [0.1, 0.15) is 60.8 Å². The predicted molar refractivity (Wildman–Crippen MR) is 111 cm³/mol. The number of aromatic nitrogens is 2. The van der Waals surface area contributed by atoms with E-state index in [0.29, 0.717) is 12.6 Å². The Labute approximate surface area is 170 Å². The first-order valence-electron chi connectivity index (χ1n) is 10.2. The summed E-state index contributed by atoms with van der Waals surface area (Å²) in [6.45, 7) is 2.67. The van der Waals surface area contributed by atoms with Crippen LogP contribution in [0.5, 0.6) is 0 Å². The minimum Gasteiger partial charge on any atom is -0.352 e. The van der Waals surface area contributed by atoms with Crippen LogP contribution in [0.25, 0.3) is 0 Å². The number of carbonyl (C=O) groups is 1. The maximum atomic E-state index is 14.0. The van der Waals surface area contributed by atoms with Crippen LogP contribution < -0.4 is 5.32 Å². The monoisotopic (exact) mass is 391 g/mol. The fourth-order valence-corrected chi connectivity index (χ4v) is 4.22. The summed E-state index contributed by atoms with van der Waals surface area (Å²) in [4.78, 5) is 17.4. The summed E-state index contributed by atoms with van der Waals surface area (Å²) in [7, 11) is 0. The standard InChI is InChI=1S/C24H26FN3O/c1-17-7-5-12-23-26-16-22(28(17)23)21(19-10-6-11-20(25)13-19)14-24(29)27-15-18-8-3-2-4-9-18/h2-4,6,8-11,13,16-17,21H,5,7,12,14-15H2,1H3,(H,27,29)/t17-,21+/m0/s1. The van der Waals surface area contributed by atoms with Gasteiger partial charge >= 0.3 is 0 Å². The first-order valence-corrected chi connectivity index (χ1v) is 10.2. The van der Waals surface area contributed by atoms with Gasteiger partial charge in [-0.1, -0.05) is 42.5 Å². The largest absolute Gasteiger partial charge is 0.352 e. The number of halogens is 1. The number of benzene rings is 2. The molecule has 1 aliphatic rings. The smallest absolute Gasteiger partial charge is 0.221 e. The van der Waals surface area contributed by atoms with Crippen molar-refractivity contribution in [2.24, 2.45) is 0 Å². The van der Waals surface area contributed by atoms with Crippen LogP contribution in [0.4, 0.5) is 4.39 Å². The highest BCUT2D eigenvalue weighted by Crippen LogP contribution is 2.34. The molecular weight excluding hydrogens is 365 g/mol. The van der Waals surface area contributed by atoms with Crippen molar-refractivity contribution in [1.82, 2.24) is 14.9 Å². The first-order chi connectivity index (χ1) is 14.1. The minimum atomic E-state index is -0.288. The summed E-state index contributed by atoms with van der Waals surface area (Å²) >= 11 is 0. The molecule has 1 aromatic heterocycles. The zero-order valence-electron chi connectivity index (χ0n) is 16.6. The molecule has 1 amide bonds. The lowest BCUT2D eigenvalue weighted by molar-refractivity contribution is -0.121. The van der Waals surface area contributed by atoms with Crippen molar-refractivity contribution < 1.29 is 9.18 Å². The normalized spacial score (nSPS) is 16.8. The molecule has 0 aliphatic carbocycles. The third kappa shape index (κ3) is 4.39. The maximum absolute atomic E-state index is 14.0. The number of aryl methyl sites for hydroxylation is 1. The molecule has 3 aromatic rings. The fourth-order valence-electron chi connectivity index (χ4n) is 4.22. The second kappa shape index (κ2) is 8.60. The average molecular weight is 391 g/mol. The van der Waals surface area contributed by atoms with Gasteiger partial charge < -0.3 is 9.88 Å². The van der Waals surface area contributed by atoms with Gasteiger partial charge in [0.05, 0.1) is 0 Å². The molecule has 0 spiro atoms. The van der Waals surface area contributed by atoms with E-state index in [0.717, 1.165) is 41.9 Å². The molecule has 0 bridgehead atoms. The number of fused-ring (bicyclic) bond motifs is 1. The van der Waals surface area contributed by atoms with Crippen molar-refractivity contribution in [2.75, 3.05) is 0 Å². The van der Waals surface area contributed by atoms with Crippen LogP contribution in [0, 0.1) is 5.82 Å². The Morgan fingerprint density at radius 2 is 2.07 bits per heavy atom. The first kappa shape index (κ1) is 19.4. The van der Waals surface area contributed by atoms with Crippen LogP contribution in [0.15, 0.2) is 60.8 Å². The van der Waals surface area contributed by atoms with Gasteiger partial charge in [0.1, 0.15) is 11.6 Å². The van der Waals surface area contributed by atoms with E-state index in [1.807, 2.05) is 42.6 Å². The average Bonchev–Trinajstić information content (AvgIpc) is 3.16. The molecule has 1 aliphatic heterocycles. The summed E-state index contributed by atoms with van der Waals surface area (Å²) in [5, 5.41) is 3.00. The molecule has 0 fully saturated rings. The van der Waals surface area contributed by atoms with Crippen LogP contribution in [0.3, 0.4) is 0 Å². The van der Waals surface area contributed by atoms with Gasteiger partial charge in [-0.05, 0) is 43.0 Å². The van der Waals surface area contributed by atoms with Crippen molar-refractivity contribution >= 4 is 5.91 Å². The number of nitrogens with one attached hydrogen (secondary N) is 1. The molecule has 4 rings (SSSR count). The van der Waals surface area contributed by atoms with Crippen molar-refractivity contribution in [3.05, 3.63) is 89.3 Å². The Morgan fingerprint density at radius 3 is 2.86 bits per heavy atom. The van der Waals surface area contributed by atoms with E-state index in [1.165, 1.54) is 12.1 Å². The molecule has 2 atom stereocenters. The Balaban J connectivity index is 1.60. The highest BCUT2D eigenvalue weighted by atomic mass is 19.1. The number of hydrogen-bond donors (Lipinski definition) is 1. The Morgan fingerprint density at radius 1 is 1.24 bits per heavy atom. The third-order valence-electron chi connectivity index (χ3n) is 5.70. The highest BCUT2D eigenvalue weighted by Gasteiger charge is 2.27. The Bertz CT molecular complexity index is 983. The van der Waals surface area contributed by atoms with Gasteiger partial charge in [0.25, 0.3) is 0 Å². The summed E-state index contributed by atoms with van der Waals surface area (Å²) in [5.74, 6) is 0.485. The molecule has 150 valence electrons. The van der Waals surface area contributed by atoms with Crippen LogP contribution in [-0.4, -0.2) is 15.5 Å². The molecule has 0 saturated heterocycles. The molecule has 4 nitrogen and oxygen atoms in total. The van der Waals surface area contributed by atoms with E-state index in [2.05, 4.69) is 21.8 Å². The zero-order chi connectivity index (χ0) is 20.2.